The Morgan fingerprint density at radius 1 is 1.28 bits per heavy atom. The summed E-state index contributed by atoms with van der Waals surface area (Å²) in [7, 11) is 1.59. The number of rotatable bonds is 3. The second-order valence-corrected chi connectivity index (χ2v) is 8.81. The van der Waals surface area contributed by atoms with Gasteiger partial charge in [0.25, 0.3) is 5.91 Å². The molecule has 0 radical (unpaired) electrons. The largest absolute Gasteiger partial charge is 0.497 e. The van der Waals surface area contributed by atoms with Gasteiger partial charge in [-0.3, -0.25) is 14.4 Å². The normalized spacial score (nSPS) is 26.7. The summed E-state index contributed by atoms with van der Waals surface area (Å²) < 4.78 is 5.26. The molecular formula is C22H29N3O4. The van der Waals surface area contributed by atoms with Crippen LogP contribution < -0.4 is 10.1 Å². The molecule has 0 bridgehead atoms. The molecule has 4 rings (SSSR count). The lowest BCUT2D eigenvalue weighted by molar-refractivity contribution is -0.135. The maximum absolute atomic E-state index is 13.1. The topological polar surface area (TPSA) is 79.0 Å². The molecule has 1 aromatic carbocycles. The highest BCUT2D eigenvalue weighted by molar-refractivity contribution is 5.97. The average molecular weight is 399 g/mol. The van der Waals surface area contributed by atoms with Gasteiger partial charge in [-0.2, -0.15) is 0 Å². The number of amides is 3. The Morgan fingerprint density at radius 2 is 2.07 bits per heavy atom. The molecule has 29 heavy (non-hydrogen) atoms. The first-order valence-electron chi connectivity index (χ1n) is 10.4. The summed E-state index contributed by atoms with van der Waals surface area (Å²) in [6, 6.07) is 5.73. The van der Waals surface area contributed by atoms with Crippen molar-refractivity contribution in [3.63, 3.8) is 0 Å². The van der Waals surface area contributed by atoms with E-state index in [-0.39, 0.29) is 36.1 Å². The van der Waals surface area contributed by atoms with Crippen LogP contribution in [0.25, 0.3) is 0 Å². The summed E-state index contributed by atoms with van der Waals surface area (Å²) in [4.78, 5) is 41.8. The second-order valence-electron chi connectivity index (χ2n) is 8.81. The van der Waals surface area contributed by atoms with Crippen molar-refractivity contribution in [3.05, 3.63) is 29.3 Å². The number of carbonyl (C=O) groups is 3. The van der Waals surface area contributed by atoms with Crippen LogP contribution in [0.2, 0.25) is 0 Å². The molecule has 1 N–H and O–H groups in total. The Kier molecular flexibility index (Phi) is 5.00. The van der Waals surface area contributed by atoms with E-state index in [9.17, 15) is 14.4 Å². The van der Waals surface area contributed by atoms with E-state index in [0.717, 1.165) is 24.8 Å². The van der Waals surface area contributed by atoms with Crippen LogP contribution in [-0.2, 0) is 16.0 Å². The lowest BCUT2D eigenvalue weighted by Crippen LogP contribution is -2.50. The molecule has 3 heterocycles. The van der Waals surface area contributed by atoms with Gasteiger partial charge in [-0.05, 0) is 50.8 Å². The minimum absolute atomic E-state index is 0.0380. The minimum Gasteiger partial charge on any atom is -0.497 e. The molecule has 156 valence electrons. The van der Waals surface area contributed by atoms with Gasteiger partial charge in [0.1, 0.15) is 5.75 Å². The molecule has 2 saturated heterocycles. The first kappa shape index (κ1) is 19.7. The molecule has 3 amide bonds. The van der Waals surface area contributed by atoms with Gasteiger partial charge >= 0.3 is 0 Å². The zero-order chi connectivity index (χ0) is 20.8. The number of carbonyl (C=O) groups excluding carboxylic acids is 3. The Balaban J connectivity index is 1.46. The number of nitrogens with one attached hydrogen (secondary N) is 1. The van der Waals surface area contributed by atoms with Crippen molar-refractivity contribution < 1.29 is 19.1 Å². The molecule has 3 aliphatic heterocycles. The monoisotopic (exact) mass is 399 g/mol. The fraction of sp³-hybridized carbons (Fsp3) is 0.591. The van der Waals surface area contributed by atoms with Crippen LogP contribution >= 0.6 is 0 Å². The lowest BCUT2D eigenvalue weighted by atomic mass is 9.91. The molecule has 0 aliphatic carbocycles. The smallest absolute Gasteiger partial charge is 0.252 e. The predicted molar refractivity (Wildman–Crippen MR) is 108 cm³/mol. The van der Waals surface area contributed by atoms with E-state index in [1.54, 1.807) is 18.1 Å². The van der Waals surface area contributed by atoms with Gasteiger partial charge in [-0.25, -0.2) is 0 Å². The maximum atomic E-state index is 13.1. The summed E-state index contributed by atoms with van der Waals surface area (Å²) in [5.41, 5.74) is 1.26. The molecule has 3 aliphatic rings. The number of aryl methyl sites for hydroxylation is 1. The van der Waals surface area contributed by atoms with Crippen LogP contribution in [0.1, 0.15) is 49.0 Å². The molecule has 1 aromatic rings. The van der Waals surface area contributed by atoms with E-state index in [1.807, 2.05) is 30.9 Å². The third kappa shape index (κ3) is 3.58. The molecule has 0 unspecified atom stereocenters. The summed E-state index contributed by atoms with van der Waals surface area (Å²) in [6.07, 6.45) is 2.61. The van der Waals surface area contributed by atoms with Gasteiger partial charge in [-0.15, -0.1) is 0 Å². The Hall–Kier alpha value is -2.57. The standard InChI is InChI=1S/C22H29N3O4/c1-14(2)25-12-16(10-19(25)26)21(28)24-9-8-22(13-24)7-6-15-4-5-17(29-3)11-18(15)20(27)23-22/h4-5,11,14,16H,6-10,12-13H2,1-3H3,(H,23,27)/t16-,22-/m1/s1. The first-order valence-corrected chi connectivity index (χ1v) is 10.4. The van der Waals surface area contributed by atoms with Gasteiger partial charge in [0.2, 0.25) is 11.8 Å². The molecule has 7 nitrogen and oxygen atoms in total. The van der Waals surface area contributed by atoms with E-state index in [0.29, 0.717) is 30.9 Å². The molecule has 2 fully saturated rings. The molecule has 1 spiro atoms. The van der Waals surface area contributed by atoms with E-state index < -0.39 is 5.54 Å². The highest BCUT2D eigenvalue weighted by Crippen LogP contribution is 2.33. The van der Waals surface area contributed by atoms with Crippen LogP contribution in [-0.4, -0.2) is 65.8 Å². The van der Waals surface area contributed by atoms with Gasteiger partial charge in [0, 0.05) is 37.7 Å². The maximum Gasteiger partial charge on any atom is 0.252 e. The van der Waals surface area contributed by atoms with Gasteiger partial charge in [0.15, 0.2) is 0 Å². The predicted octanol–water partition coefficient (Wildman–Crippen LogP) is 1.60. The van der Waals surface area contributed by atoms with Gasteiger partial charge in [0.05, 0.1) is 18.6 Å². The van der Waals surface area contributed by atoms with Gasteiger partial charge in [-0.1, -0.05) is 6.07 Å². The number of benzene rings is 1. The fourth-order valence-corrected chi connectivity index (χ4v) is 4.88. The van der Waals surface area contributed by atoms with Crippen LogP contribution in [0, 0.1) is 5.92 Å². The van der Waals surface area contributed by atoms with Crippen LogP contribution in [0.4, 0.5) is 0 Å². The zero-order valence-corrected chi connectivity index (χ0v) is 17.4. The fourth-order valence-electron chi connectivity index (χ4n) is 4.88. The third-order valence-electron chi connectivity index (χ3n) is 6.61. The van der Waals surface area contributed by atoms with Crippen LogP contribution in [0.15, 0.2) is 18.2 Å². The average Bonchev–Trinajstić information content (AvgIpc) is 3.26. The van der Waals surface area contributed by atoms with Crippen molar-refractivity contribution >= 4 is 17.7 Å². The number of likely N-dealkylation sites (tertiary alicyclic amines) is 2. The van der Waals surface area contributed by atoms with Crippen molar-refractivity contribution in [1.29, 1.82) is 0 Å². The van der Waals surface area contributed by atoms with Gasteiger partial charge < -0.3 is 19.9 Å². The molecule has 7 heteroatoms. The Bertz CT molecular complexity index is 852. The lowest BCUT2D eigenvalue weighted by Gasteiger charge is -2.29. The zero-order valence-electron chi connectivity index (χ0n) is 17.4. The van der Waals surface area contributed by atoms with E-state index in [2.05, 4.69) is 5.32 Å². The van der Waals surface area contributed by atoms with Crippen molar-refractivity contribution in [2.45, 2.75) is 51.1 Å². The van der Waals surface area contributed by atoms with Crippen molar-refractivity contribution in [3.8, 4) is 5.75 Å². The number of nitrogens with zero attached hydrogens (tertiary/aromatic N) is 2. The van der Waals surface area contributed by atoms with Crippen molar-refractivity contribution in [1.82, 2.24) is 15.1 Å². The number of hydrogen-bond donors (Lipinski definition) is 1. The Labute approximate surface area is 171 Å². The van der Waals surface area contributed by atoms with E-state index in [1.165, 1.54) is 0 Å². The van der Waals surface area contributed by atoms with E-state index >= 15 is 0 Å². The number of methoxy groups -OCH3 is 1. The third-order valence-corrected chi connectivity index (χ3v) is 6.61. The minimum atomic E-state index is -0.403. The van der Waals surface area contributed by atoms with E-state index in [4.69, 9.17) is 4.74 Å². The number of fused-ring (bicyclic) bond motifs is 1. The number of ether oxygens (including phenoxy) is 1. The quantitative estimate of drug-likeness (QED) is 0.837. The molecular weight excluding hydrogens is 370 g/mol. The summed E-state index contributed by atoms with van der Waals surface area (Å²) in [5.74, 6) is 0.380. The van der Waals surface area contributed by atoms with Crippen molar-refractivity contribution in [2.75, 3.05) is 26.7 Å². The molecule has 2 atom stereocenters. The molecule has 0 aromatic heterocycles. The number of hydrogen-bond acceptors (Lipinski definition) is 4. The Morgan fingerprint density at radius 3 is 2.76 bits per heavy atom. The van der Waals surface area contributed by atoms with Crippen LogP contribution in [0.5, 0.6) is 5.75 Å². The molecule has 0 saturated carbocycles. The summed E-state index contributed by atoms with van der Waals surface area (Å²) in [5, 5.41) is 3.21. The highest BCUT2D eigenvalue weighted by atomic mass is 16.5. The first-order chi connectivity index (χ1) is 13.8. The SMILES string of the molecule is COc1ccc2c(c1)C(=O)N[C@]1(CC2)CCN(C(=O)[C@@H]2CC(=O)N(C(C)C)C2)C1. The van der Waals surface area contributed by atoms with Crippen molar-refractivity contribution in [2.24, 2.45) is 5.92 Å². The van der Waals surface area contributed by atoms with Crippen LogP contribution in [0.3, 0.4) is 0 Å². The summed E-state index contributed by atoms with van der Waals surface area (Å²) in [6.45, 7) is 5.57. The highest BCUT2D eigenvalue weighted by Gasteiger charge is 2.45. The summed E-state index contributed by atoms with van der Waals surface area (Å²) >= 11 is 0. The second kappa shape index (κ2) is 7.35.